The smallest absolute Gasteiger partial charge is 0.270 e. The zero-order valence-corrected chi connectivity index (χ0v) is 10.3. The van der Waals surface area contributed by atoms with Gasteiger partial charge in [0.05, 0.1) is 10.6 Å². The maximum absolute atomic E-state index is 10.7. The minimum Gasteiger partial charge on any atom is -0.507 e. The molecule has 2 aromatic carbocycles. The third-order valence-electron chi connectivity index (χ3n) is 2.58. The highest BCUT2D eigenvalue weighted by atomic mass is 16.6. The number of hydrogen-bond donors (Lipinski definition) is 1. The SMILES string of the molecule is Cc1cccc(/N=C/c2cc([N+](=O)[O-])ccc2O)c1. The number of benzene rings is 2. The summed E-state index contributed by atoms with van der Waals surface area (Å²) in [6.07, 6.45) is 1.41. The molecule has 0 fully saturated rings. The average Bonchev–Trinajstić information content (AvgIpc) is 2.37. The molecule has 1 N–H and O–H groups in total. The van der Waals surface area contributed by atoms with E-state index in [1.54, 1.807) is 0 Å². The van der Waals surface area contributed by atoms with Gasteiger partial charge in [0.25, 0.3) is 5.69 Å². The molecule has 0 heterocycles. The lowest BCUT2D eigenvalue weighted by atomic mass is 10.2. The molecule has 0 aromatic heterocycles. The molecule has 0 aliphatic rings. The summed E-state index contributed by atoms with van der Waals surface area (Å²) in [5.74, 6) is -0.0398. The predicted octanol–water partition coefficient (Wildman–Crippen LogP) is 3.36. The zero-order valence-electron chi connectivity index (χ0n) is 10.3. The van der Waals surface area contributed by atoms with E-state index < -0.39 is 4.92 Å². The van der Waals surface area contributed by atoms with E-state index in [9.17, 15) is 15.2 Å². The lowest BCUT2D eigenvalue weighted by Crippen LogP contribution is -1.90. The number of aryl methyl sites for hydroxylation is 1. The molecule has 0 atom stereocenters. The van der Waals surface area contributed by atoms with E-state index >= 15 is 0 Å². The van der Waals surface area contributed by atoms with Gasteiger partial charge in [-0.2, -0.15) is 0 Å². The Bertz CT molecular complexity index is 651. The number of phenolic OH excluding ortho intramolecular Hbond substituents is 1. The van der Waals surface area contributed by atoms with E-state index in [1.807, 2.05) is 31.2 Å². The minimum absolute atomic E-state index is 0.0398. The van der Waals surface area contributed by atoms with Gasteiger partial charge in [-0.3, -0.25) is 15.1 Å². The van der Waals surface area contributed by atoms with Crippen LogP contribution in [-0.2, 0) is 0 Å². The van der Waals surface area contributed by atoms with Gasteiger partial charge in [-0.25, -0.2) is 0 Å². The molecule has 0 spiro atoms. The number of aliphatic imine (C=N–C) groups is 1. The van der Waals surface area contributed by atoms with Gasteiger partial charge in [0.1, 0.15) is 5.75 Å². The highest BCUT2D eigenvalue weighted by molar-refractivity contribution is 5.86. The number of rotatable bonds is 3. The molecule has 0 saturated heterocycles. The first kappa shape index (κ1) is 12.8. The quantitative estimate of drug-likeness (QED) is 0.519. The van der Waals surface area contributed by atoms with Crippen LogP contribution >= 0.6 is 0 Å². The molecule has 0 aliphatic heterocycles. The van der Waals surface area contributed by atoms with Crippen molar-refractivity contribution in [3.63, 3.8) is 0 Å². The van der Waals surface area contributed by atoms with Crippen LogP contribution in [0.2, 0.25) is 0 Å². The van der Waals surface area contributed by atoms with Crippen LogP contribution in [0.5, 0.6) is 5.75 Å². The molecule has 2 aromatic rings. The first-order valence-corrected chi connectivity index (χ1v) is 5.64. The monoisotopic (exact) mass is 256 g/mol. The highest BCUT2D eigenvalue weighted by Crippen LogP contribution is 2.22. The number of aromatic hydroxyl groups is 1. The summed E-state index contributed by atoms with van der Waals surface area (Å²) in [4.78, 5) is 14.3. The summed E-state index contributed by atoms with van der Waals surface area (Å²) >= 11 is 0. The molecule has 5 nitrogen and oxygen atoms in total. The van der Waals surface area contributed by atoms with E-state index in [-0.39, 0.29) is 11.4 Å². The summed E-state index contributed by atoms with van der Waals surface area (Å²) in [5, 5.41) is 20.3. The second kappa shape index (κ2) is 5.30. The normalized spacial score (nSPS) is 10.8. The molecule has 96 valence electrons. The van der Waals surface area contributed by atoms with Crippen molar-refractivity contribution in [1.82, 2.24) is 0 Å². The lowest BCUT2D eigenvalue weighted by molar-refractivity contribution is -0.384. The van der Waals surface area contributed by atoms with Gasteiger partial charge in [0.15, 0.2) is 0 Å². The van der Waals surface area contributed by atoms with Crippen LogP contribution in [0.4, 0.5) is 11.4 Å². The fraction of sp³-hybridized carbons (Fsp3) is 0.0714. The Balaban J connectivity index is 2.32. The van der Waals surface area contributed by atoms with Crippen LogP contribution in [0, 0.1) is 17.0 Å². The first-order chi connectivity index (χ1) is 9.06. The van der Waals surface area contributed by atoms with Crippen LogP contribution in [0.25, 0.3) is 0 Å². The molecule has 0 unspecified atom stereocenters. The Labute approximate surface area is 110 Å². The van der Waals surface area contributed by atoms with Crippen LogP contribution in [0.1, 0.15) is 11.1 Å². The zero-order chi connectivity index (χ0) is 13.8. The van der Waals surface area contributed by atoms with Gasteiger partial charge in [0.2, 0.25) is 0 Å². The number of phenols is 1. The van der Waals surface area contributed by atoms with Crippen molar-refractivity contribution in [3.05, 3.63) is 63.7 Å². The van der Waals surface area contributed by atoms with Gasteiger partial charge in [0, 0.05) is 23.9 Å². The van der Waals surface area contributed by atoms with E-state index in [2.05, 4.69) is 4.99 Å². The van der Waals surface area contributed by atoms with Crippen molar-refractivity contribution in [3.8, 4) is 5.75 Å². The molecular weight excluding hydrogens is 244 g/mol. The third-order valence-corrected chi connectivity index (χ3v) is 2.58. The van der Waals surface area contributed by atoms with Crippen LogP contribution in [0.15, 0.2) is 47.5 Å². The van der Waals surface area contributed by atoms with E-state index in [1.165, 1.54) is 24.4 Å². The van der Waals surface area contributed by atoms with Crippen LogP contribution in [0.3, 0.4) is 0 Å². The van der Waals surface area contributed by atoms with Gasteiger partial charge in [-0.05, 0) is 30.7 Å². The summed E-state index contributed by atoms with van der Waals surface area (Å²) in [6, 6.07) is 11.3. The molecule has 5 heteroatoms. The van der Waals surface area contributed by atoms with Crippen molar-refractivity contribution in [2.45, 2.75) is 6.92 Å². The average molecular weight is 256 g/mol. The number of hydrogen-bond acceptors (Lipinski definition) is 4. The fourth-order valence-electron chi connectivity index (χ4n) is 1.61. The van der Waals surface area contributed by atoms with Crippen molar-refractivity contribution >= 4 is 17.6 Å². The van der Waals surface area contributed by atoms with E-state index in [0.717, 1.165) is 11.3 Å². The van der Waals surface area contributed by atoms with Gasteiger partial charge >= 0.3 is 0 Å². The van der Waals surface area contributed by atoms with Crippen molar-refractivity contribution < 1.29 is 10.0 Å². The second-order valence-corrected chi connectivity index (χ2v) is 4.10. The molecule has 0 radical (unpaired) electrons. The Kier molecular flexibility index (Phi) is 3.56. The summed E-state index contributed by atoms with van der Waals surface area (Å²) in [7, 11) is 0. The Hall–Kier alpha value is -2.69. The van der Waals surface area contributed by atoms with Crippen molar-refractivity contribution in [1.29, 1.82) is 0 Å². The van der Waals surface area contributed by atoms with Crippen molar-refractivity contribution in [2.75, 3.05) is 0 Å². The standard InChI is InChI=1S/C14H12N2O3/c1-10-3-2-4-12(7-10)15-9-11-8-13(16(18)19)5-6-14(11)17/h2-9,17H,1H3/b15-9+. The molecule has 2 rings (SSSR count). The van der Waals surface area contributed by atoms with Gasteiger partial charge in [-0.1, -0.05) is 12.1 Å². The number of nitro groups is 1. The van der Waals surface area contributed by atoms with Crippen LogP contribution in [-0.4, -0.2) is 16.2 Å². The highest BCUT2D eigenvalue weighted by Gasteiger charge is 2.08. The summed E-state index contributed by atoms with van der Waals surface area (Å²) < 4.78 is 0. The maximum Gasteiger partial charge on any atom is 0.270 e. The third kappa shape index (κ3) is 3.16. The number of nitro benzene ring substituents is 1. The Morgan fingerprint density at radius 3 is 2.74 bits per heavy atom. The largest absolute Gasteiger partial charge is 0.507 e. The van der Waals surface area contributed by atoms with Gasteiger partial charge < -0.3 is 5.11 Å². The number of nitrogens with zero attached hydrogens (tertiary/aromatic N) is 2. The van der Waals surface area contributed by atoms with Crippen LogP contribution < -0.4 is 0 Å². The second-order valence-electron chi connectivity index (χ2n) is 4.10. The van der Waals surface area contributed by atoms with E-state index in [0.29, 0.717) is 5.56 Å². The molecule has 0 bridgehead atoms. The number of non-ortho nitro benzene ring substituents is 1. The molecule has 0 aliphatic carbocycles. The summed E-state index contributed by atoms with van der Waals surface area (Å²) in [5.41, 5.74) is 2.03. The predicted molar refractivity (Wildman–Crippen MR) is 73.2 cm³/mol. The molecule has 0 amide bonds. The topological polar surface area (TPSA) is 75.7 Å². The molecule has 0 saturated carbocycles. The first-order valence-electron chi connectivity index (χ1n) is 5.64. The van der Waals surface area contributed by atoms with E-state index in [4.69, 9.17) is 0 Å². The molecule has 19 heavy (non-hydrogen) atoms. The minimum atomic E-state index is -0.510. The fourth-order valence-corrected chi connectivity index (χ4v) is 1.61. The Morgan fingerprint density at radius 2 is 2.05 bits per heavy atom. The summed E-state index contributed by atoms with van der Waals surface area (Å²) in [6.45, 7) is 1.95. The Morgan fingerprint density at radius 1 is 1.26 bits per heavy atom. The lowest BCUT2D eigenvalue weighted by Gasteiger charge is -1.99. The molecular formula is C14H12N2O3. The van der Waals surface area contributed by atoms with Gasteiger partial charge in [-0.15, -0.1) is 0 Å². The maximum atomic E-state index is 10.7. The van der Waals surface area contributed by atoms with Crippen molar-refractivity contribution in [2.24, 2.45) is 4.99 Å².